The van der Waals surface area contributed by atoms with E-state index < -0.39 is 37.6 Å². The van der Waals surface area contributed by atoms with Gasteiger partial charge < -0.3 is 53.6 Å². The van der Waals surface area contributed by atoms with E-state index in [9.17, 15) is 20.4 Å². The molecule has 3 aromatic carbocycles. The molecule has 11 nitrogen and oxygen atoms in total. The summed E-state index contributed by atoms with van der Waals surface area (Å²) in [5, 5.41) is 42.3. The van der Waals surface area contributed by atoms with Gasteiger partial charge in [-0.3, -0.25) is 0 Å². The van der Waals surface area contributed by atoms with E-state index in [0.29, 0.717) is 28.6 Å². The Kier molecular flexibility index (Phi) is 11.1. The van der Waals surface area contributed by atoms with Gasteiger partial charge >= 0.3 is 0 Å². The number of rotatable bonds is 15. The van der Waals surface area contributed by atoms with Crippen LogP contribution in [-0.2, 0) is 0 Å². The highest BCUT2D eigenvalue weighted by atomic mass is 16.5. The van der Waals surface area contributed by atoms with Crippen molar-refractivity contribution in [1.29, 1.82) is 0 Å². The van der Waals surface area contributed by atoms with E-state index in [0.717, 1.165) is 0 Å². The minimum absolute atomic E-state index is 0.139. The van der Waals surface area contributed by atoms with Gasteiger partial charge in [0.15, 0.2) is 46.7 Å². The molecule has 0 aliphatic heterocycles. The minimum atomic E-state index is -1.35. The molecule has 0 saturated heterocycles. The van der Waals surface area contributed by atoms with Gasteiger partial charge in [-0.15, -0.1) is 0 Å². The molecule has 3 aromatic rings. The van der Waals surface area contributed by atoms with Gasteiger partial charge in [0.2, 0.25) is 0 Å². The predicted octanol–water partition coefficient (Wildman–Crippen LogP) is 2.68. The van der Waals surface area contributed by atoms with Crippen molar-refractivity contribution in [2.75, 3.05) is 48.8 Å². The fourth-order valence-electron chi connectivity index (χ4n) is 4.11. The molecule has 0 amide bonds. The molecule has 0 saturated carbocycles. The quantitative estimate of drug-likeness (QED) is 0.218. The molecular formula is C29H36O11. The summed E-state index contributed by atoms with van der Waals surface area (Å²) in [6.45, 7) is -1.06. The number of aliphatic hydroxyl groups is 4. The highest BCUT2D eigenvalue weighted by Crippen LogP contribution is 2.41. The molecule has 0 fully saturated rings. The molecule has 0 aromatic heterocycles. The number of hydrogen-bond donors (Lipinski definition) is 4. The second-order valence-electron chi connectivity index (χ2n) is 8.58. The van der Waals surface area contributed by atoms with Crippen molar-refractivity contribution in [2.45, 2.75) is 24.4 Å². The Morgan fingerprint density at radius 1 is 0.525 bits per heavy atom. The Labute approximate surface area is 233 Å². The van der Waals surface area contributed by atoms with Crippen LogP contribution in [0.3, 0.4) is 0 Å². The van der Waals surface area contributed by atoms with E-state index in [1.807, 2.05) is 0 Å². The Morgan fingerprint density at radius 3 is 1.60 bits per heavy atom. The molecule has 4 N–H and O–H groups in total. The van der Waals surface area contributed by atoms with Crippen molar-refractivity contribution in [2.24, 2.45) is 0 Å². The zero-order valence-electron chi connectivity index (χ0n) is 23.1. The number of methoxy groups -OCH3 is 5. The zero-order chi connectivity index (χ0) is 29.2. The number of benzene rings is 3. The van der Waals surface area contributed by atoms with Crippen LogP contribution in [0.4, 0.5) is 0 Å². The lowest BCUT2D eigenvalue weighted by Crippen LogP contribution is -2.30. The summed E-state index contributed by atoms with van der Waals surface area (Å²) in [4.78, 5) is 0. The Balaban J connectivity index is 1.90. The smallest absolute Gasteiger partial charge is 0.165 e. The van der Waals surface area contributed by atoms with Crippen LogP contribution in [0.5, 0.6) is 40.2 Å². The Morgan fingerprint density at radius 2 is 1.02 bits per heavy atom. The van der Waals surface area contributed by atoms with E-state index in [-0.39, 0.29) is 22.8 Å². The predicted molar refractivity (Wildman–Crippen MR) is 145 cm³/mol. The second-order valence-corrected chi connectivity index (χ2v) is 8.58. The fourth-order valence-corrected chi connectivity index (χ4v) is 4.11. The Bertz CT molecular complexity index is 1230. The lowest BCUT2D eigenvalue weighted by molar-refractivity contribution is -0.00361. The summed E-state index contributed by atoms with van der Waals surface area (Å²) in [6.07, 6.45) is -4.79. The maximum atomic E-state index is 11.2. The summed E-state index contributed by atoms with van der Waals surface area (Å²) < 4.78 is 38.7. The molecule has 0 heterocycles. The van der Waals surface area contributed by atoms with Crippen molar-refractivity contribution in [3.63, 3.8) is 0 Å². The molecule has 0 aliphatic rings. The second kappa shape index (κ2) is 14.5. The average molecular weight is 561 g/mol. The van der Waals surface area contributed by atoms with Gasteiger partial charge in [-0.05, 0) is 35.9 Å². The van der Waals surface area contributed by atoms with Gasteiger partial charge in [0.25, 0.3) is 0 Å². The van der Waals surface area contributed by atoms with E-state index in [4.69, 9.17) is 33.2 Å². The fraction of sp³-hybridized carbons (Fsp3) is 0.379. The van der Waals surface area contributed by atoms with Crippen LogP contribution in [-0.4, -0.2) is 81.4 Å². The standard InChI is InChI=1S/C29H36O11/c1-34-19-8-6-7-9-21(19)39-27(16-31)29(33)18-13-24(38-5)25(14-22(18)36-3)40-26(15-30)28(32)17-10-11-20(35-2)23(12-17)37-4/h6-14,26-33H,15-16H2,1-5H3. The highest BCUT2D eigenvalue weighted by Gasteiger charge is 2.30. The van der Waals surface area contributed by atoms with Gasteiger partial charge in [0, 0.05) is 11.6 Å². The molecule has 3 rings (SSSR count). The summed E-state index contributed by atoms with van der Waals surface area (Å²) in [7, 11) is 7.27. The van der Waals surface area contributed by atoms with Crippen molar-refractivity contribution < 1.29 is 53.6 Å². The summed E-state index contributed by atoms with van der Waals surface area (Å²) in [5.74, 6) is 2.18. The van der Waals surface area contributed by atoms with E-state index in [2.05, 4.69) is 0 Å². The van der Waals surface area contributed by atoms with Crippen molar-refractivity contribution >= 4 is 0 Å². The van der Waals surface area contributed by atoms with Gasteiger partial charge in [-0.25, -0.2) is 0 Å². The van der Waals surface area contributed by atoms with Crippen molar-refractivity contribution in [3.05, 3.63) is 65.7 Å². The van der Waals surface area contributed by atoms with Gasteiger partial charge in [-0.2, -0.15) is 0 Å². The van der Waals surface area contributed by atoms with Gasteiger partial charge in [-0.1, -0.05) is 18.2 Å². The largest absolute Gasteiger partial charge is 0.496 e. The molecule has 0 bridgehead atoms. The van der Waals surface area contributed by atoms with Gasteiger partial charge in [0.1, 0.15) is 18.0 Å². The normalized spacial score (nSPS) is 13.9. The summed E-state index contributed by atoms with van der Waals surface area (Å²) >= 11 is 0. The number of ether oxygens (including phenoxy) is 7. The van der Waals surface area contributed by atoms with Crippen LogP contribution in [0.15, 0.2) is 54.6 Å². The summed E-state index contributed by atoms with van der Waals surface area (Å²) in [5.41, 5.74) is 0.676. The van der Waals surface area contributed by atoms with Crippen LogP contribution in [0.25, 0.3) is 0 Å². The third kappa shape index (κ3) is 6.80. The van der Waals surface area contributed by atoms with Crippen LogP contribution in [0, 0.1) is 0 Å². The van der Waals surface area contributed by atoms with Crippen molar-refractivity contribution in [3.8, 4) is 40.2 Å². The SMILES string of the molecule is COc1ccc(C(O)C(CO)Oc2cc(OC)c(C(O)C(CO)Oc3ccccc3OC)cc2OC)cc1OC. The number of aliphatic hydroxyl groups excluding tert-OH is 4. The van der Waals surface area contributed by atoms with Crippen LogP contribution in [0.2, 0.25) is 0 Å². The molecule has 11 heteroatoms. The minimum Gasteiger partial charge on any atom is -0.496 e. The molecule has 0 radical (unpaired) electrons. The maximum absolute atomic E-state index is 11.2. The van der Waals surface area contributed by atoms with Crippen LogP contribution >= 0.6 is 0 Å². The maximum Gasteiger partial charge on any atom is 0.165 e. The molecule has 218 valence electrons. The molecule has 40 heavy (non-hydrogen) atoms. The Hall–Kier alpha value is -3.90. The van der Waals surface area contributed by atoms with E-state index in [1.54, 1.807) is 42.5 Å². The first-order chi connectivity index (χ1) is 19.3. The third-order valence-electron chi connectivity index (χ3n) is 6.27. The topological polar surface area (TPSA) is 146 Å². The first-order valence-corrected chi connectivity index (χ1v) is 12.4. The lowest BCUT2D eigenvalue weighted by Gasteiger charge is -2.27. The zero-order valence-corrected chi connectivity index (χ0v) is 23.1. The first kappa shape index (κ1) is 30.6. The van der Waals surface area contributed by atoms with Crippen LogP contribution < -0.4 is 33.2 Å². The number of para-hydroxylation sites is 2. The molecule has 4 unspecified atom stereocenters. The van der Waals surface area contributed by atoms with E-state index in [1.165, 1.54) is 47.7 Å². The van der Waals surface area contributed by atoms with Gasteiger partial charge in [0.05, 0.1) is 48.8 Å². The molecular weight excluding hydrogens is 524 g/mol. The monoisotopic (exact) mass is 560 g/mol. The average Bonchev–Trinajstić information content (AvgIpc) is 3.00. The van der Waals surface area contributed by atoms with Crippen LogP contribution in [0.1, 0.15) is 23.3 Å². The number of hydrogen-bond acceptors (Lipinski definition) is 11. The lowest BCUT2D eigenvalue weighted by atomic mass is 10.0. The van der Waals surface area contributed by atoms with E-state index >= 15 is 0 Å². The first-order valence-electron chi connectivity index (χ1n) is 12.4. The third-order valence-corrected chi connectivity index (χ3v) is 6.27. The van der Waals surface area contributed by atoms with Crippen molar-refractivity contribution in [1.82, 2.24) is 0 Å². The summed E-state index contributed by atoms with van der Waals surface area (Å²) in [6, 6.07) is 14.6. The molecule has 0 spiro atoms. The molecule has 4 atom stereocenters. The molecule has 0 aliphatic carbocycles. The highest BCUT2D eigenvalue weighted by molar-refractivity contribution is 5.52.